The Morgan fingerprint density at radius 3 is 2.38 bits per heavy atom. The third-order valence-corrected chi connectivity index (χ3v) is 4.77. The molecule has 0 N–H and O–H groups in total. The molecule has 26 heavy (non-hydrogen) atoms. The first-order valence-corrected chi connectivity index (χ1v) is 8.99. The van der Waals surface area contributed by atoms with Crippen LogP contribution in [0, 0.1) is 0 Å². The van der Waals surface area contributed by atoms with Gasteiger partial charge in [-0.25, -0.2) is 4.98 Å². The molecule has 0 amide bonds. The highest BCUT2D eigenvalue weighted by Gasteiger charge is 2.17. The Bertz CT molecular complexity index is 1010. The molecular weight excluding hydrogens is 344 g/mol. The van der Waals surface area contributed by atoms with E-state index < -0.39 is 0 Å². The summed E-state index contributed by atoms with van der Waals surface area (Å²) in [5, 5.41) is 0.697. The van der Waals surface area contributed by atoms with Crippen molar-refractivity contribution >= 4 is 22.6 Å². The van der Waals surface area contributed by atoms with Crippen molar-refractivity contribution in [2.24, 2.45) is 0 Å². The van der Waals surface area contributed by atoms with Gasteiger partial charge in [-0.3, -0.25) is 0 Å². The zero-order valence-electron chi connectivity index (χ0n) is 14.5. The predicted molar refractivity (Wildman–Crippen MR) is 106 cm³/mol. The second-order valence-electron chi connectivity index (χ2n) is 6.22. The lowest BCUT2D eigenvalue weighted by Gasteiger charge is -2.18. The van der Waals surface area contributed by atoms with Crippen molar-refractivity contribution in [3.63, 3.8) is 0 Å². The quantitative estimate of drug-likeness (QED) is 0.443. The van der Waals surface area contributed by atoms with E-state index in [4.69, 9.17) is 21.3 Å². The molecule has 130 valence electrons. The fourth-order valence-corrected chi connectivity index (χ4v) is 3.31. The van der Waals surface area contributed by atoms with Crippen molar-refractivity contribution in [2.75, 3.05) is 0 Å². The molecule has 1 aromatic heterocycles. The Hall–Kier alpha value is -2.78. The highest BCUT2D eigenvalue weighted by atomic mass is 35.5. The zero-order valence-corrected chi connectivity index (χ0v) is 15.2. The zero-order chi connectivity index (χ0) is 17.9. The van der Waals surface area contributed by atoms with Gasteiger partial charge in [0, 0.05) is 5.02 Å². The molecule has 0 bridgehead atoms. The summed E-state index contributed by atoms with van der Waals surface area (Å²) < 4.78 is 8.21. The van der Waals surface area contributed by atoms with Gasteiger partial charge in [0.25, 0.3) is 0 Å². The standard InChI is InChI=1S/C22H19ClN2O/c1-16(17-7-3-2-4-8-17)25-21-10-6-5-9-20(21)24-22(25)15-26-19-13-11-18(23)12-14-19/h2-14,16H,15H2,1H3/t16-/m0/s1. The van der Waals surface area contributed by atoms with Crippen molar-refractivity contribution in [1.29, 1.82) is 0 Å². The molecule has 0 spiro atoms. The first-order chi connectivity index (χ1) is 12.7. The van der Waals surface area contributed by atoms with Gasteiger partial charge in [-0.2, -0.15) is 0 Å². The summed E-state index contributed by atoms with van der Waals surface area (Å²) in [5.41, 5.74) is 3.33. The average molecular weight is 363 g/mol. The fraction of sp³-hybridized carbons (Fsp3) is 0.136. The molecule has 0 radical (unpaired) electrons. The number of benzene rings is 3. The highest BCUT2D eigenvalue weighted by Crippen LogP contribution is 2.27. The van der Waals surface area contributed by atoms with Crippen LogP contribution in [-0.4, -0.2) is 9.55 Å². The minimum Gasteiger partial charge on any atom is -0.486 e. The molecule has 0 saturated carbocycles. The lowest BCUT2D eigenvalue weighted by atomic mass is 10.1. The smallest absolute Gasteiger partial charge is 0.148 e. The average Bonchev–Trinajstić information content (AvgIpc) is 3.06. The number of halogens is 1. The molecule has 4 rings (SSSR count). The van der Waals surface area contributed by atoms with Crippen molar-refractivity contribution in [1.82, 2.24) is 9.55 Å². The summed E-state index contributed by atoms with van der Waals surface area (Å²) in [7, 11) is 0. The van der Waals surface area contributed by atoms with Crippen LogP contribution in [0.5, 0.6) is 5.75 Å². The summed E-state index contributed by atoms with van der Waals surface area (Å²) in [4.78, 5) is 4.80. The van der Waals surface area contributed by atoms with Crippen LogP contribution < -0.4 is 4.74 Å². The number of ether oxygens (including phenoxy) is 1. The summed E-state index contributed by atoms with van der Waals surface area (Å²) in [6, 6.07) is 26.2. The largest absolute Gasteiger partial charge is 0.486 e. The molecule has 4 heteroatoms. The van der Waals surface area contributed by atoms with Gasteiger partial charge in [0.05, 0.1) is 17.1 Å². The van der Waals surface area contributed by atoms with Crippen molar-refractivity contribution in [2.45, 2.75) is 19.6 Å². The highest BCUT2D eigenvalue weighted by molar-refractivity contribution is 6.30. The number of imidazole rings is 1. The third-order valence-electron chi connectivity index (χ3n) is 4.52. The lowest BCUT2D eigenvalue weighted by molar-refractivity contribution is 0.288. The number of fused-ring (bicyclic) bond motifs is 1. The van der Waals surface area contributed by atoms with Crippen LogP contribution in [0.15, 0.2) is 78.9 Å². The molecule has 0 saturated heterocycles. The Morgan fingerprint density at radius 1 is 0.923 bits per heavy atom. The monoisotopic (exact) mass is 362 g/mol. The number of hydrogen-bond donors (Lipinski definition) is 0. The maximum atomic E-state index is 5.96. The normalized spacial score (nSPS) is 12.2. The fourth-order valence-electron chi connectivity index (χ4n) is 3.19. The van der Waals surface area contributed by atoms with Gasteiger partial charge in [0.15, 0.2) is 0 Å². The molecule has 1 heterocycles. The molecule has 0 aliphatic rings. The topological polar surface area (TPSA) is 27.1 Å². The SMILES string of the molecule is C[C@@H](c1ccccc1)n1c(COc2ccc(Cl)cc2)nc2ccccc21. The van der Waals surface area contributed by atoms with Crippen LogP contribution in [0.4, 0.5) is 0 Å². The number of nitrogens with zero attached hydrogens (tertiary/aromatic N) is 2. The Labute approximate surface area is 157 Å². The van der Waals surface area contributed by atoms with Gasteiger partial charge in [0.2, 0.25) is 0 Å². The minimum atomic E-state index is 0.160. The van der Waals surface area contributed by atoms with E-state index in [0.717, 1.165) is 22.6 Å². The van der Waals surface area contributed by atoms with Crippen molar-refractivity contribution in [3.05, 3.63) is 95.3 Å². The molecular formula is C22H19ClN2O. The van der Waals surface area contributed by atoms with E-state index in [0.29, 0.717) is 11.6 Å². The molecule has 0 aliphatic carbocycles. The first kappa shape index (κ1) is 16.7. The van der Waals surface area contributed by atoms with E-state index in [-0.39, 0.29) is 6.04 Å². The summed E-state index contributed by atoms with van der Waals surface area (Å²) in [6.45, 7) is 2.59. The van der Waals surface area contributed by atoms with Crippen LogP contribution >= 0.6 is 11.6 Å². The van der Waals surface area contributed by atoms with Gasteiger partial charge >= 0.3 is 0 Å². The van der Waals surface area contributed by atoms with Crippen LogP contribution in [0.25, 0.3) is 11.0 Å². The van der Waals surface area contributed by atoms with Crippen LogP contribution in [0.2, 0.25) is 5.02 Å². The second kappa shape index (κ2) is 7.22. The Kier molecular flexibility index (Phi) is 4.63. The van der Waals surface area contributed by atoms with Crippen LogP contribution in [0.1, 0.15) is 24.4 Å². The summed E-state index contributed by atoms with van der Waals surface area (Å²) >= 11 is 5.94. The van der Waals surface area contributed by atoms with Crippen LogP contribution in [-0.2, 0) is 6.61 Å². The Balaban J connectivity index is 1.70. The predicted octanol–water partition coefficient (Wildman–Crippen LogP) is 5.88. The van der Waals surface area contributed by atoms with Gasteiger partial charge in [-0.05, 0) is 48.9 Å². The summed E-state index contributed by atoms with van der Waals surface area (Å²) in [5.74, 6) is 1.68. The molecule has 1 atom stereocenters. The van der Waals surface area contributed by atoms with E-state index in [1.807, 2.05) is 48.5 Å². The molecule has 3 aromatic carbocycles. The summed E-state index contributed by atoms with van der Waals surface area (Å²) in [6.07, 6.45) is 0. The maximum Gasteiger partial charge on any atom is 0.148 e. The molecule has 0 unspecified atom stereocenters. The van der Waals surface area contributed by atoms with Gasteiger partial charge in [0.1, 0.15) is 18.2 Å². The third kappa shape index (κ3) is 3.31. The second-order valence-corrected chi connectivity index (χ2v) is 6.65. The van der Waals surface area contributed by atoms with E-state index >= 15 is 0 Å². The van der Waals surface area contributed by atoms with Gasteiger partial charge in [-0.1, -0.05) is 54.1 Å². The molecule has 0 fully saturated rings. The van der Waals surface area contributed by atoms with E-state index in [1.54, 1.807) is 0 Å². The van der Waals surface area contributed by atoms with E-state index in [9.17, 15) is 0 Å². The van der Waals surface area contributed by atoms with Crippen molar-refractivity contribution in [3.8, 4) is 5.75 Å². The Morgan fingerprint density at radius 2 is 1.62 bits per heavy atom. The maximum absolute atomic E-state index is 5.96. The minimum absolute atomic E-state index is 0.160. The number of rotatable bonds is 5. The van der Waals surface area contributed by atoms with Gasteiger partial charge < -0.3 is 9.30 Å². The van der Waals surface area contributed by atoms with Gasteiger partial charge in [-0.15, -0.1) is 0 Å². The first-order valence-electron chi connectivity index (χ1n) is 8.61. The van der Waals surface area contributed by atoms with E-state index in [2.05, 4.69) is 41.8 Å². The van der Waals surface area contributed by atoms with Crippen molar-refractivity contribution < 1.29 is 4.74 Å². The van der Waals surface area contributed by atoms with E-state index in [1.165, 1.54) is 5.56 Å². The number of aromatic nitrogens is 2. The number of hydrogen-bond acceptors (Lipinski definition) is 2. The molecule has 3 nitrogen and oxygen atoms in total. The number of para-hydroxylation sites is 2. The lowest BCUT2D eigenvalue weighted by Crippen LogP contribution is -2.12. The molecule has 4 aromatic rings. The van der Waals surface area contributed by atoms with Crippen LogP contribution in [0.3, 0.4) is 0 Å². The molecule has 0 aliphatic heterocycles.